The summed E-state index contributed by atoms with van der Waals surface area (Å²) in [5.41, 5.74) is 1.11. The SMILES string of the molecule is Cc1ccc(OC(=O)Nc2ccn[nH]2)cc1. The van der Waals surface area contributed by atoms with Gasteiger partial charge in [0.2, 0.25) is 0 Å². The third-order valence-corrected chi connectivity index (χ3v) is 1.97. The Hall–Kier alpha value is -2.30. The molecule has 1 aromatic carbocycles. The number of rotatable bonds is 2. The molecule has 2 rings (SSSR count). The molecule has 2 N–H and O–H groups in total. The fourth-order valence-electron chi connectivity index (χ4n) is 1.17. The van der Waals surface area contributed by atoms with Crippen molar-refractivity contribution in [2.75, 3.05) is 5.32 Å². The van der Waals surface area contributed by atoms with Crippen LogP contribution in [0.25, 0.3) is 0 Å². The molecule has 82 valence electrons. The first-order chi connectivity index (χ1) is 7.74. The molecule has 1 aromatic heterocycles. The van der Waals surface area contributed by atoms with E-state index in [1.54, 1.807) is 24.4 Å². The minimum absolute atomic E-state index is 0.497. The minimum Gasteiger partial charge on any atom is -0.410 e. The number of carbonyl (C=O) groups is 1. The molecule has 0 aliphatic carbocycles. The second kappa shape index (κ2) is 4.48. The van der Waals surface area contributed by atoms with Crippen molar-refractivity contribution in [3.63, 3.8) is 0 Å². The van der Waals surface area contributed by atoms with Crippen LogP contribution in [0.2, 0.25) is 0 Å². The largest absolute Gasteiger partial charge is 0.418 e. The molecular formula is C11H11N3O2. The molecule has 16 heavy (non-hydrogen) atoms. The van der Waals surface area contributed by atoms with E-state index in [0.717, 1.165) is 5.56 Å². The minimum atomic E-state index is -0.548. The van der Waals surface area contributed by atoms with Gasteiger partial charge in [-0.25, -0.2) is 4.79 Å². The van der Waals surface area contributed by atoms with E-state index in [1.807, 2.05) is 19.1 Å². The van der Waals surface area contributed by atoms with Crippen LogP contribution in [0, 0.1) is 6.92 Å². The zero-order valence-corrected chi connectivity index (χ0v) is 8.73. The lowest BCUT2D eigenvalue weighted by Crippen LogP contribution is -2.16. The van der Waals surface area contributed by atoms with Crippen LogP contribution >= 0.6 is 0 Å². The quantitative estimate of drug-likeness (QED) is 0.811. The molecule has 0 spiro atoms. The van der Waals surface area contributed by atoms with Crippen molar-refractivity contribution in [2.45, 2.75) is 6.92 Å². The molecular weight excluding hydrogens is 206 g/mol. The molecule has 0 radical (unpaired) electrons. The lowest BCUT2D eigenvalue weighted by atomic mass is 10.2. The molecule has 0 atom stereocenters. The molecule has 0 saturated carbocycles. The van der Waals surface area contributed by atoms with E-state index >= 15 is 0 Å². The highest BCUT2D eigenvalue weighted by molar-refractivity contribution is 5.84. The van der Waals surface area contributed by atoms with Gasteiger partial charge in [-0.15, -0.1) is 0 Å². The van der Waals surface area contributed by atoms with E-state index in [9.17, 15) is 4.79 Å². The van der Waals surface area contributed by atoms with Gasteiger partial charge in [-0.2, -0.15) is 5.10 Å². The molecule has 0 aliphatic heterocycles. The van der Waals surface area contributed by atoms with Gasteiger partial charge in [0.15, 0.2) is 0 Å². The highest BCUT2D eigenvalue weighted by Gasteiger charge is 2.04. The topological polar surface area (TPSA) is 67.0 Å². The predicted octanol–water partition coefficient (Wildman–Crippen LogP) is 2.33. The maximum atomic E-state index is 11.4. The summed E-state index contributed by atoms with van der Waals surface area (Å²) in [5.74, 6) is 1.000. The summed E-state index contributed by atoms with van der Waals surface area (Å²) in [4.78, 5) is 11.4. The number of H-pyrrole nitrogens is 1. The number of hydrogen-bond acceptors (Lipinski definition) is 3. The molecule has 0 bridgehead atoms. The second-order valence-electron chi connectivity index (χ2n) is 3.30. The number of benzene rings is 1. The van der Waals surface area contributed by atoms with Gasteiger partial charge < -0.3 is 4.74 Å². The fraction of sp³-hybridized carbons (Fsp3) is 0.0909. The smallest absolute Gasteiger partial charge is 0.410 e. The monoisotopic (exact) mass is 217 g/mol. The number of carbonyl (C=O) groups excluding carboxylic acids is 1. The standard InChI is InChI=1S/C11H11N3O2/c1-8-2-4-9(5-3-8)16-11(15)13-10-6-7-12-14-10/h2-7H,1H3,(H2,12,13,14,15). The Morgan fingerprint density at radius 2 is 2.06 bits per heavy atom. The molecule has 0 saturated heterocycles. The third-order valence-electron chi connectivity index (χ3n) is 1.97. The Morgan fingerprint density at radius 3 is 2.69 bits per heavy atom. The number of aromatic nitrogens is 2. The van der Waals surface area contributed by atoms with E-state index < -0.39 is 6.09 Å². The van der Waals surface area contributed by atoms with E-state index in [2.05, 4.69) is 15.5 Å². The van der Waals surface area contributed by atoms with Crippen molar-refractivity contribution in [2.24, 2.45) is 0 Å². The Bertz CT molecular complexity index is 462. The maximum Gasteiger partial charge on any atom is 0.418 e. The maximum absolute atomic E-state index is 11.4. The number of nitrogens with zero attached hydrogens (tertiary/aromatic N) is 1. The molecule has 5 nitrogen and oxygen atoms in total. The second-order valence-corrected chi connectivity index (χ2v) is 3.30. The van der Waals surface area contributed by atoms with Crippen molar-refractivity contribution in [3.05, 3.63) is 42.1 Å². The van der Waals surface area contributed by atoms with Gasteiger partial charge in [-0.1, -0.05) is 17.7 Å². The van der Waals surface area contributed by atoms with E-state index in [0.29, 0.717) is 11.6 Å². The normalized spacial score (nSPS) is 9.81. The van der Waals surface area contributed by atoms with Crippen LogP contribution in [0.1, 0.15) is 5.56 Å². The van der Waals surface area contributed by atoms with Gasteiger partial charge in [0, 0.05) is 6.07 Å². The van der Waals surface area contributed by atoms with E-state index in [1.165, 1.54) is 0 Å². The highest BCUT2D eigenvalue weighted by atomic mass is 16.6. The van der Waals surface area contributed by atoms with Crippen LogP contribution < -0.4 is 10.1 Å². The van der Waals surface area contributed by atoms with Crippen molar-refractivity contribution >= 4 is 11.9 Å². The number of amides is 1. The third kappa shape index (κ3) is 2.60. The van der Waals surface area contributed by atoms with Gasteiger partial charge in [0.05, 0.1) is 6.20 Å². The molecule has 1 amide bonds. The fourth-order valence-corrected chi connectivity index (χ4v) is 1.17. The summed E-state index contributed by atoms with van der Waals surface area (Å²) >= 11 is 0. The van der Waals surface area contributed by atoms with Crippen molar-refractivity contribution in [1.29, 1.82) is 0 Å². The van der Waals surface area contributed by atoms with Crippen LogP contribution in [0.4, 0.5) is 10.6 Å². The summed E-state index contributed by atoms with van der Waals surface area (Å²) in [7, 11) is 0. The summed E-state index contributed by atoms with van der Waals surface area (Å²) in [6.45, 7) is 1.97. The lowest BCUT2D eigenvalue weighted by Gasteiger charge is -2.04. The molecule has 5 heteroatoms. The van der Waals surface area contributed by atoms with Gasteiger partial charge in [-0.05, 0) is 19.1 Å². The van der Waals surface area contributed by atoms with Crippen LogP contribution in [0.5, 0.6) is 5.75 Å². The first-order valence-corrected chi connectivity index (χ1v) is 4.79. The summed E-state index contributed by atoms with van der Waals surface area (Å²) in [5, 5.41) is 8.81. The van der Waals surface area contributed by atoms with Gasteiger partial charge >= 0.3 is 6.09 Å². The first-order valence-electron chi connectivity index (χ1n) is 4.79. The van der Waals surface area contributed by atoms with Gasteiger partial charge in [-0.3, -0.25) is 10.4 Å². The van der Waals surface area contributed by atoms with Crippen LogP contribution in [-0.4, -0.2) is 16.3 Å². The molecule has 0 aliphatic rings. The predicted molar refractivity (Wildman–Crippen MR) is 59.4 cm³/mol. The van der Waals surface area contributed by atoms with Gasteiger partial charge in [0.25, 0.3) is 0 Å². The molecule has 2 aromatic rings. The Morgan fingerprint density at radius 1 is 1.31 bits per heavy atom. The number of ether oxygens (including phenoxy) is 1. The number of aryl methyl sites for hydroxylation is 1. The van der Waals surface area contributed by atoms with Crippen LogP contribution in [0.15, 0.2) is 36.5 Å². The molecule has 1 heterocycles. The average molecular weight is 217 g/mol. The van der Waals surface area contributed by atoms with E-state index in [-0.39, 0.29) is 0 Å². The number of aromatic amines is 1. The highest BCUT2D eigenvalue weighted by Crippen LogP contribution is 2.12. The average Bonchev–Trinajstić information content (AvgIpc) is 2.74. The Kier molecular flexibility index (Phi) is 2.86. The Labute approximate surface area is 92.4 Å². The summed E-state index contributed by atoms with van der Waals surface area (Å²) < 4.78 is 5.04. The van der Waals surface area contributed by atoms with Gasteiger partial charge in [0.1, 0.15) is 11.6 Å². The summed E-state index contributed by atoms with van der Waals surface area (Å²) in [6.07, 6.45) is 0.995. The zero-order chi connectivity index (χ0) is 11.4. The van der Waals surface area contributed by atoms with E-state index in [4.69, 9.17) is 4.74 Å². The lowest BCUT2D eigenvalue weighted by molar-refractivity contribution is 0.215. The number of nitrogens with one attached hydrogen (secondary N) is 2. The van der Waals surface area contributed by atoms with Crippen molar-refractivity contribution in [3.8, 4) is 5.75 Å². The van der Waals surface area contributed by atoms with Crippen LogP contribution in [0.3, 0.4) is 0 Å². The van der Waals surface area contributed by atoms with Crippen molar-refractivity contribution < 1.29 is 9.53 Å². The molecule has 0 fully saturated rings. The number of anilines is 1. The molecule has 0 unspecified atom stereocenters. The van der Waals surface area contributed by atoms with Crippen molar-refractivity contribution in [1.82, 2.24) is 10.2 Å². The number of hydrogen-bond donors (Lipinski definition) is 2. The summed E-state index contributed by atoms with van der Waals surface area (Å²) in [6, 6.07) is 8.86. The Balaban J connectivity index is 1.95. The zero-order valence-electron chi connectivity index (χ0n) is 8.73. The van der Waals surface area contributed by atoms with Crippen LogP contribution in [-0.2, 0) is 0 Å². The first kappa shape index (κ1) is 10.2.